The minimum Gasteiger partial charge on any atom is -0.493 e. The second-order valence-corrected chi connectivity index (χ2v) is 7.58. The van der Waals surface area contributed by atoms with E-state index in [1.165, 1.54) is 5.01 Å². The molecule has 1 aliphatic heterocycles. The molecular formula is C24H29N3O4. The van der Waals surface area contributed by atoms with Gasteiger partial charge in [-0.1, -0.05) is 25.1 Å². The third-order valence-electron chi connectivity index (χ3n) is 4.84. The first kappa shape index (κ1) is 22.4. The highest BCUT2D eigenvalue weighted by atomic mass is 16.5. The Kier molecular flexibility index (Phi) is 7.31. The predicted molar refractivity (Wildman–Crippen MR) is 121 cm³/mol. The van der Waals surface area contributed by atoms with Gasteiger partial charge in [0.05, 0.1) is 12.3 Å². The van der Waals surface area contributed by atoms with E-state index in [1.807, 2.05) is 63.2 Å². The first-order valence-corrected chi connectivity index (χ1v) is 10.4. The van der Waals surface area contributed by atoms with Crippen LogP contribution < -0.4 is 19.9 Å². The number of amides is 2. The number of hydrogen-bond acceptors (Lipinski definition) is 5. The lowest BCUT2D eigenvalue weighted by Crippen LogP contribution is -2.35. The molecule has 0 spiro atoms. The number of para-hydroxylation sites is 1. The number of nitrogens with one attached hydrogen (secondary N) is 1. The van der Waals surface area contributed by atoms with Crippen molar-refractivity contribution in [2.24, 2.45) is 0 Å². The summed E-state index contributed by atoms with van der Waals surface area (Å²) < 4.78 is 11.9. The molecule has 1 saturated heterocycles. The minimum atomic E-state index is -0.447. The highest BCUT2D eigenvalue weighted by Gasteiger charge is 2.34. The summed E-state index contributed by atoms with van der Waals surface area (Å²) in [6.45, 7) is 5.77. The van der Waals surface area contributed by atoms with E-state index in [2.05, 4.69) is 5.43 Å². The van der Waals surface area contributed by atoms with Crippen LogP contribution in [-0.4, -0.2) is 50.6 Å². The van der Waals surface area contributed by atoms with Crippen LogP contribution in [0.5, 0.6) is 11.5 Å². The molecule has 7 nitrogen and oxygen atoms in total. The summed E-state index contributed by atoms with van der Waals surface area (Å²) in [5.74, 6) is 0.496. The predicted octanol–water partition coefficient (Wildman–Crippen LogP) is 3.19. The number of ether oxygens (including phenoxy) is 2. The van der Waals surface area contributed by atoms with E-state index in [-0.39, 0.29) is 5.57 Å². The number of carbonyl (C=O) groups is 2. The Morgan fingerprint density at radius 2 is 1.77 bits per heavy atom. The molecule has 0 saturated carbocycles. The Hall–Kier alpha value is -3.32. The fraction of sp³-hybridized carbons (Fsp3) is 0.333. The third-order valence-corrected chi connectivity index (χ3v) is 4.84. The fourth-order valence-corrected chi connectivity index (χ4v) is 3.17. The molecule has 0 atom stereocenters. The van der Waals surface area contributed by atoms with Gasteiger partial charge in [-0.05, 0) is 57.8 Å². The highest BCUT2D eigenvalue weighted by Crippen LogP contribution is 2.34. The lowest BCUT2D eigenvalue weighted by molar-refractivity contribution is -0.117. The molecule has 0 bridgehead atoms. The number of carbonyl (C=O) groups excluding carboxylic acids is 2. The van der Waals surface area contributed by atoms with Gasteiger partial charge >= 0.3 is 0 Å². The number of anilines is 1. The largest absolute Gasteiger partial charge is 0.493 e. The number of benzene rings is 2. The fourth-order valence-electron chi connectivity index (χ4n) is 3.17. The molecule has 31 heavy (non-hydrogen) atoms. The highest BCUT2D eigenvalue weighted by molar-refractivity contribution is 6.31. The van der Waals surface area contributed by atoms with Crippen LogP contribution in [0.3, 0.4) is 0 Å². The Labute approximate surface area is 183 Å². The molecule has 1 aliphatic rings. The van der Waals surface area contributed by atoms with Gasteiger partial charge in [0.25, 0.3) is 11.8 Å². The number of hydrazine groups is 1. The maximum absolute atomic E-state index is 12.9. The van der Waals surface area contributed by atoms with Crippen LogP contribution in [0.15, 0.2) is 48.0 Å². The Morgan fingerprint density at radius 1 is 1.03 bits per heavy atom. The van der Waals surface area contributed by atoms with Crippen LogP contribution in [-0.2, 0) is 9.59 Å². The molecule has 0 aliphatic carbocycles. The number of nitrogens with zero attached hydrogens (tertiary/aromatic N) is 2. The lowest BCUT2D eigenvalue weighted by atomic mass is 10.0. The van der Waals surface area contributed by atoms with E-state index < -0.39 is 11.8 Å². The van der Waals surface area contributed by atoms with Gasteiger partial charge < -0.3 is 14.4 Å². The number of hydrogen-bond donors (Lipinski definition) is 1. The van der Waals surface area contributed by atoms with Gasteiger partial charge in [0.1, 0.15) is 23.7 Å². The molecule has 0 radical (unpaired) electrons. The van der Waals surface area contributed by atoms with Crippen molar-refractivity contribution in [1.82, 2.24) is 10.3 Å². The van der Waals surface area contributed by atoms with Crippen LogP contribution in [0.1, 0.15) is 24.5 Å². The molecule has 0 aromatic heterocycles. The molecule has 1 fully saturated rings. The van der Waals surface area contributed by atoms with Gasteiger partial charge in [-0.15, -0.1) is 0 Å². The molecule has 1 heterocycles. The van der Waals surface area contributed by atoms with Gasteiger partial charge in [-0.2, -0.15) is 0 Å². The zero-order valence-electron chi connectivity index (χ0n) is 18.5. The Morgan fingerprint density at radius 3 is 2.45 bits per heavy atom. The van der Waals surface area contributed by atoms with E-state index in [9.17, 15) is 9.59 Å². The molecule has 2 amide bonds. The molecule has 2 aromatic carbocycles. The average molecular weight is 424 g/mol. The van der Waals surface area contributed by atoms with E-state index in [1.54, 1.807) is 18.2 Å². The third kappa shape index (κ3) is 5.24. The molecule has 7 heteroatoms. The molecule has 1 N–H and O–H groups in total. The average Bonchev–Trinajstić information content (AvgIpc) is 3.03. The minimum absolute atomic E-state index is 0.0583. The molecule has 164 valence electrons. The molecule has 3 rings (SSSR count). The number of rotatable bonds is 9. The van der Waals surface area contributed by atoms with Gasteiger partial charge in [-0.3, -0.25) is 15.0 Å². The van der Waals surface area contributed by atoms with Crippen molar-refractivity contribution < 1.29 is 19.1 Å². The SMILES string of the molecule is CCCOc1ccc(C=C2C(=O)NN(c3ccccc3)C2=O)c(OCCN(C)C)c1C. The summed E-state index contributed by atoms with van der Waals surface area (Å²) in [6.07, 6.45) is 2.48. The van der Waals surface area contributed by atoms with Gasteiger partial charge in [0.2, 0.25) is 0 Å². The zero-order valence-corrected chi connectivity index (χ0v) is 18.5. The maximum Gasteiger partial charge on any atom is 0.282 e. The van der Waals surface area contributed by atoms with Crippen molar-refractivity contribution in [2.45, 2.75) is 20.3 Å². The second kappa shape index (κ2) is 10.1. The van der Waals surface area contributed by atoms with E-state index >= 15 is 0 Å². The van der Waals surface area contributed by atoms with Crippen molar-refractivity contribution in [1.29, 1.82) is 0 Å². The van der Waals surface area contributed by atoms with Crippen molar-refractivity contribution in [3.63, 3.8) is 0 Å². The topological polar surface area (TPSA) is 71.1 Å². The van der Waals surface area contributed by atoms with Crippen molar-refractivity contribution in [2.75, 3.05) is 38.9 Å². The van der Waals surface area contributed by atoms with Gasteiger partial charge in [0, 0.05) is 17.7 Å². The first-order valence-electron chi connectivity index (χ1n) is 10.4. The Bertz CT molecular complexity index is 970. The van der Waals surface area contributed by atoms with E-state index in [0.29, 0.717) is 30.2 Å². The van der Waals surface area contributed by atoms with Crippen LogP contribution in [0.25, 0.3) is 6.08 Å². The first-order chi connectivity index (χ1) is 14.9. The van der Waals surface area contributed by atoms with Crippen LogP contribution in [0, 0.1) is 6.92 Å². The summed E-state index contributed by atoms with van der Waals surface area (Å²) in [4.78, 5) is 27.5. The van der Waals surface area contributed by atoms with Crippen LogP contribution in [0.4, 0.5) is 5.69 Å². The van der Waals surface area contributed by atoms with Gasteiger partial charge in [-0.25, -0.2) is 5.01 Å². The normalized spacial score (nSPS) is 15.0. The summed E-state index contributed by atoms with van der Waals surface area (Å²) in [7, 11) is 3.94. The van der Waals surface area contributed by atoms with Crippen molar-refractivity contribution in [3.05, 3.63) is 59.2 Å². The lowest BCUT2D eigenvalue weighted by Gasteiger charge is -2.18. The summed E-state index contributed by atoms with van der Waals surface area (Å²) in [6, 6.07) is 12.7. The molecule has 2 aromatic rings. The quantitative estimate of drug-likeness (QED) is 0.496. The summed E-state index contributed by atoms with van der Waals surface area (Å²) >= 11 is 0. The van der Waals surface area contributed by atoms with Crippen molar-refractivity contribution >= 4 is 23.6 Å². The summed E-state index contributed by atoms with van der Waals surface area (Å²) in [5, 5.41) is 1.26. The second-order valence-electron chi connectivity index (χ2n) is 7.58. The van der Waals surface area contributed by atoms with E-state index in [4.69, 9.17) is 9.47 Å². The van der Waals surface area contributed by atoms with Crippen LogP contribution >= 0.6 is 0 Å². The van der Waals surface area contributed by atoms with Crippen molar-refractivity contribution in [3.8, 4) is 11.5 Å². The van der Waals surface area contributed by atoms with E-state index in [0.717, 1.165) is 24.3 Å². The standard InChI is InChI=1S/C24H29N3O4/c1-5-14-30-21-12-11-18(22(17(21)2)31-15-13-26(3)4)16-20-23(28)25-27(24(20)29)19-9-7-6-8-10-19/h6-12,16H,5,13-15H2,1-4H3,(H,25,28). The maximum atomic E-state index is 12.9. The smallest absolute Gasteiger partial charge is 0.282 e. The molecular weight excluding hydrogens is 394 g/mol. The summed E-state index contributed by atoms with van der Waals surface area (Å²) in [5.41, 5.74) is 4.79. The monoisotopic (exact) mass is 423 g/mol. The molecule has 0 unspecified atom stereocenters. The number of likely N-dealkylation sites (N-methyl/N-ethyl adjacent to an activating group) is 1. The van der Waals surface area contributed by atoms with Gasteiger partial charge in [0.15, 0.2) is 0 Å². The Balaban J connectivity index is 1.94. The van der Waals surface area contributed by atoms with Crippen LogP contribution in [0.2, 0.25) is 0 Å². The zero-order chi connectivity index (χ0) is 22.4.